The van der Waals surface area contributed by atoms with Crippen molar-refractivity contribution in [2.75, 3.05) is 106 Å². The molecule has 0 unspecified atom stereocenters. The summed E-state index contributed by atoms with van der Waals surface area (Å²) in [4.78, 5) is 46.4. The minimum Gasteiger partial charge on any atom is -0.493 e. The molecule has 2 atom stereocenters. The van der Waals surface area contributed by atoms with Crippen LogP contribution in [0.2, 0.25) is 0 Å². The van der Waals surface area contributed by atoms with Crippen molar-refractivity contribution in [3.05, 3.63) is 124 Å². The van der Waals surface area contributed by atoms with Crippen LogP contribution in [-0.4, -0.2) is 110 Å². The summed E-state index contributed by atoms with van der Waals surface area (Å²) in [5.74, 6) is 1.82. The third kappa shape index (κ3) is 10.5. The molecule has 5 aromatic rings. The molecular formula is C54H61N5O10. The first-order valence-electron chi connectivity index (χ1n) is 23.7. The van der Waals surface area contributed by atoms with Gasteiger partial charge in [0.15, 0.2) is 23.0 Å². The Kier molecular flexibility index (Phi) is 14.8. The molecule has 0 saturated carbocycles. The summed E-state index contributed by atoms with van der Waals surface area (Å²) in [6.45, 7) is 6.62. The van der Waals surface area contributed by atoms with E-state index in [9.17, 15) is 14.4 Å². The van der Waals surface area contributed by atoms with Crippen LogP contribution < -0.4 is 44.3 Å². The lowest BCUT2D eigenvalue weighted by molar-refractivity contribution is -0.117. The van der Waals surface area contributed by atoms with Crippen molar-refractivity contribution in [2.24, 2.45) is 0 Å². The summed E-state index contributed by atoms with van der Waals surface area (Å²) in [7, 11) is 4.79. The molecule has 4 aliphatic heterocycles. The van der Waals surface area contributed by atoms with Crippen molar-refractivity contribution in [2.45, 2.75) is 57.9 Å². The molecule has 9 rings (SSSR count). The number of ketones is 1. The summed E-state index contributed by atoms with van der Waals surface area (Å²) in [6, 6.07) is 29.5. The third-order valence-corrected chi connectivity index (χ3v) is 13.2. The van der Waals surface area contributed by atoms with Gasteiger partial charge in [-0.2, -0.15) is 0 Å². The van der Waals surface area contributed by atoms with Gasteiger partial charge in [0.1, 0.15) is 19.0 Å². The number of nitrogens with zero attached hydrogens (tertiary/aromatic N) is 3. The Labute approximate surface area is 403 Å². The number of anilines is 5. The Morgan fingerprint density at radius 2 is 1.13 bits per heavy atom. The lowest BCUT2D eigenvalue weighted by atomic mass is 10.1. The van der Waals surface area contributed by atoms with E-state index in [4.69, 9.17) is 33.2 Å². The van der Waals surface area contributed by atoms with E-state index in [1.54, 1.807) is 40.4 Å². The molecule has 15 heteroatoms. The van der Waals surface area contributed by atoms with Crippen molar-refractivity contribution in [1.82, 2.24) is 0 Å². The van der Waals surface area contributed by atoms with Gasteiger partial charge < -0.3 is 63.3 Å². The maximum absolute atomic E-state index is 14.1. The van der Waals surface area contributed by atoms with Gasteiger partial charge in [-0.3, -0.25) is 9.59 Å². The Balaban J connectivity index is 0.980. The molecule has 362 valence electrons. The Hall–Kier alpha value is -6.81. The van der Waals surface area contributed by atoms with Crippen molar-refractivity contribution in [1.29, 1.82) is 0 Å². The molecular weight excluding hydrogens is 879 g/mol. The number of hydrogen-bond donors (Lipinski definition) is 2. The number of Topliss-reactive ketones (excluding diaryl/α,β-unsaturated/α-hetero) is 1. The van der Waals surface area contributed by atoms with Gasteiger partial charge in [-0.25, -0.2) is 0 Å². The van der Waals surface area contributed by atoms with Crippen LogP contribution in [0.15, 0.2) is 91.0 Å². The Morgan fingerprint density at radius 1 is 0.623 bits per heavy atom. The lowest BCUT2D eigenvalue weighted by Gasteiger charge is -2.26. The van der Waals surface area contributed by atoms with Gasteiger partial charge in [0.25, 0.3) is 11.8 Å². The normalized spacial score (nSPS) is 16.4. The SMILES string of the molecule is COCCOCCOCCN(CCCC(C)=O)c1cc(COc2cc3c(cc2OC)C(=O)N2c4ccccc4C[C@H]2CN3)cc(COc2cc3c(cc2OC)C(=O)N2c4ccccc4C[C@H]2CN3)c1. The van der Waals surface area contributed by atoms with E-state index >= 15 is 0 Å². The second kappa shape index (κ2) is 21.6. The molecule has 69 heavy (non-hydrogen) atoms. The number of benzene rings is 5. The molecule has 15 nitrogen and oxygen atoms in total. The number of nitrogens with one attached hydrogen (secondary N) is 2. The average molecular weight is 940 g/mol. The van der Waals surface area contributed by atoms with E-state index < -0.39 is 0 Å². The van der Waals surface area contributed by atoms with Crippen LogP contribution in [-0.2, 0) is 45.1 Å². The number of carbonyl (C=O) groups excluding carboxylic acids is 3. The summed E-state index contributed by atoms with van der Waals surface area (Å²) in [6.07, 6.45) is 2.66. The van der Waals surface area contributed by atoms with Crippen LogP contribution >= 0.6 is 0 Å². The van der Waals surface area contributed by atoms with Gasteiger partial charge >= 0.3 is 0 Å². The van der Waals surface area contributed by atoms with Gasteiger partial charge in [0.05, 0.1) is 81.8 Å². The van der Waals surface area contributed by atoms with Crippen LogP contribution in [0.25, 0.3) is 0 Å². The second-order valence-electron chi connectivity index (χ2n) is 17.8. The number of para-hydroxylation sites is 2. The van der Waals surface area contributed by atoms with E-state index in [2.05, 4.69) is 39.8 Å². The molecule has 5 aromatic carbocycles. The van der Waals surface area contributed by atoms with Gasteiger partial charge in [-0.05, 0) is 90.9 Å². The number of fused-ring (bicyclic) bond motifs is 8. The number of rotatable bonds is 22. The predicted molar refractivity (Wildman–Crippen MR) is 265 cm³/mol. The maximum atomic E-state index is 14.1. The summed E-state index contributed by atoms with van der Waals surface area (Å²) in [5.41, 5.74) is 9.21. The van der Waals surface area contributed by atoms with Crippen molar-refractivity contribution in [3.8, 4) is 23.0 Å². The predicted octanol–water partition coefficient (Wildman–Crippen LogP) is 7.71. The van der Waals surface area contributed by atoms with Gasteiger partial charge in [0.2, 0.25) is 0 Å². The molecule has 0 fully saturated rings. The first kappa shape index (κ1) is 47.3. The molecule has 4 aliphatic rings. The quantitative estimate of drug-likeness (QED) is 0.0654. The minimum absolute atomic E-state index is 0.0144. The summed E-state index contributed by atoms with van der Waals surface area (Å²) < 4.78 is 41.6. The fraction of sp³-hybridized carbons (Fsp3) is 0.389. The molecule has 0 aromatic heterocycles. The van der Waals surface area contributed by atoms with Crippen molar-refractivity contribution < 1.29 is 47.5 Å². The van der Waals surface area contributed by atoms with Crippen molar-refractivity contribution in [3.63, 3.8) is 0 Å². The van der Waals surface area contributed by atoms with Crippen LogP contribution in [0.1, 0.15) is 62.7 Å². The largest absolute Gasteiger partial charge is 0.493 e. The van der Waals surface area contributed by atoms with Crippen LogP contribution in [0.3, 0.4) is 0 Å². The zero-order chi connectivity index (χ0) is 47.9. The molecule has 0 aliphatic carbocycles. The van der Waals surface area contributed by atoms with Crippen molar-refractivity contribution >= 4 is 46.0 Å². The smallest absolute Gasteiger partial charge is 0.260 e. The van der Waals surface area contributed by atoms with Crippen LogP contribution in [0, 0.1) is 0 Å². The Bertz CT molecular complexity index is 2520. The molecule has 0 radical (unpaired) electrons. The third-order valence-electron chi connectivity index (χ3n) is 13.2. The highest BCUT2D eigenvalue weighted by atomic mass is 16.5. The fourth-order valence-corrected chi connectivity index (χ4v) is 9.77. The molecule has 4 heterocycles. The monoisotopic (exact) mass is 939 g/mol. The zero-order valence-electron chi connectivity index (χ0n) is 39.8. The summed E-state index contributed by atoms with van der Waals surface area (Å²) in [5, 5.41) is 7.06. The fourth-order valence-electron chi connectivity index (χ4n) is 9.77. The highest BCUT2D eigenvalue weighted by Gasteiger charge is 2.39. The number of hydrogen-bond acceptors (Lipinski definition) is 13. The van der Waals surface area contributed by atoms with Gasteiger partial charge in [-0.15, -0.1) is 0 Å². The number of ether oxygens (including phenoxy) is 7. The molecule has 0 spiro atoms. The molecule has 2 N–H and O–H groups in total. The molecule has 2 amide bonds. The van der Waals surface area contributed by atoms with Crippen LogP contribution in [0.5, 0.6) is 23.0 Å². The standard InChI is InChI=1S/C54H61N5O10/c1-35(60)10-9-15-57(16-17-66-20-21-67-19-18-63-2)40-23-36(33-68-51-29-45-43(27-49(51)64-3)53(61)58-41(31-55-45)25-38-11-5-7-13-47(38)58)22-37(24-40)34-69-52-30-46-44(28-50(52)65-4)54(62)59-42(32-56-46)26-39-12-6-8-14-48(39)59/h5-8,11-14,22-24,27-30,41-42,55-56H,9-10,15-21,25-26,31-34H2,1-4H3/t41-,42-/m0/s1. The lowest BCUT2D eigenvalue weighted by Crippen LogP contribution is -2.39. The van der Waals surface area contributed by atoms with Crippen LogP contribution in [0.4, 0.5) is 28.4 Å². The first-order valence-corrected chi connectivity index (χ1v) is 23.7. The topological polar surface area (TPSA) is 150 Å². The van der Waals surface area contributed by atoms with E-state index in [1.807, 2.05) is 64.4 Å². The number of methoxy groups -OCH3 is 3. The van der Waals surface area contributed by atoms with E-state index in [0.29, 0.717) is 118 Å². The highest BCUT2D eigenvalue weighted by Crippen LogP contribution is 2.43. The number of carbonyl (C=O) groups is 3. The second-order valence-corrected chi connectivity index (χ2v) is 17.8. The van der Waals surface area contributed by atoms with E-state index in [0.717, 1.165) is 52.2 Å². The van der Waals surface area contributed by atoms with Gasteiger partial charge in [0, 0.05) is 68.9 Å². The first-order chi connectivity index (χ1) is 33.7. The van der Waals surface area contributed by atoms with Gasteiger partial charge in [-0.1, -0.05) is 36.4 Å². The highest BCUT2D eigenvalue weighted by molar-refractivity contribution is 6.13. The maximum Gasteiger partial charge on any atom is 0.260 e. The zero-order valence-corrected chi connectivity index (χ0v) is 39.8. The molecule has 0 bridgehead atoms. The summed E-state index contributed by atoms with van der Waals surface area (Å²) >= 11 is 0. The molecule has 0 saturated heterocycles. The minimum atomic E-state index is -0.0841. The van der Waals surface area contributed by atoms with E-state index in [1.165, 1.54) is 0 Å². The van der Waals surface area contributed by atoms with E-state index in [-0.39, 0.29) is 42.9 Å². The average Bonchev–Trinajstić information content (AvgIpc) is 3.85. The number of amides is 2. The Morgan fingerprint density at radius 3 is 1.64 bits per heavy atom.